The van der Waals surface area contributed by atoms with Crippen LogP contribution < -0.4 is 6.15 Å². The van der Waals surface area contributed by atoms with E-state index in [1.165, 1.54) is 0 Å². The SMILES string of the molecule is Cl.FC(F)[C@@H](F)c1cc(C(F)(F)F)ncc1Br.N. The van der Waals surface area contributed by atoms with E-state index >= 15 is 0 Å². The monoisotopic (exact) mass is 360 g/mol. The first-order chi connectivity index (χ1) is 7.23. The smallest absolute Gasteiger partial charge is 0.344 e. The molecule has 0 spiro atoms. The average Bonchev–Trinajstić information content (AvgIpc) is 2.15. The van der Waals surface area contributed by atoms with Crippen molar-refractivity contribution in [2.75, 3.05) is 0 Å². The van der Waals surface area contributed by atoms with Crippen LogP contribution in [0.25, 0.3) is 0 Å². The lowest BCUT2D eigenvalue weighted by atomic mass is 10.1. The summed E-state index contributed by atoms with van der Waals surface area (Å²) in [6.45, 7) is 0. The van der Waals surface area contributed by atoms with Crippen molar-refractivity contribution in [2.24, 2.45) is 0 Å². The van der Waals surface area contributed by atoms with Crippen LogP contribution >= 0.6 is 28.3 Å². The molecule has 0 aromatic carbocycles. The Labute approximate surface area is 113 Å². The van der Waals surface area contributed by atoms with Crippen molar-refractivity contribution in [2.45, 2.75) is 18.8 Å². The first-order valence-corrected chi connectivity index (χ1v) is 4.67. The molecule has 106 valence electrons. The Hall–Kier alpha value is -0.540. The van der Waals surface area contributed by atoms with Crippen molar-refractivity contribution >= 4 is 28.3 Å². The summed E-state index contributed by atoms with van der Waals surface area (Å²) in [7, 11) is 0. The van der Waals surface area contributed by atoms with Gasteiger partial charge in [0.2, 0.25) is 0 Å². The van der Waals surface area contributed by atoms with Gasteiger partial charge in [-0.3, -0.25) is 4.98 Å². The molecule has 1 aromatic heterocycles. The van der Waals surface area contributed by atoms with Gasteiger partial charge in [0.25, 0.3) is 6.43 Å². The number of rotatable bonds is 2. The van der Waals surface area contributed by atoms with Gasteiger partial charge in [-0.05, 0) is 22.0 Å². The fraction of sp³-hybridized carbons (Fsp3) is 0.375. The summed E-state index contributed by atoms with van der Waals surface area (Å²) < 4.78 is 73.3. The third kappa shape index (κ3) is 4.62. The summed E-state index contributed by atoms with van der Waals surface area (Å²) in [5.74, 6) is 0. The van der Waals surface area contributed by atoms with Gasteiger partial charge in [-0.25, -0.2) is 13.2 Å². The predicted molar refractivity (Wildman–Crippen MR) is 59.1 cm³/mol. The quantitative estimate of drug-likeness (QED) is 0.775. The van der Waals surface area contributed by atoms with Gasteiger partial charge in [0.05, 0.1) is 0 Å². The van der Waals surface area contributed by atoms with E-state index in [0.29, 0.717) is 6.20 Å². The fourth-order valence-electron chi connectivity index (χ4n) is 0.956. The highest BCUT2D eigenvalue weighted by Crippen LogP contribution is 2.35. The number of nitrogens with zero attached hydrogens (tertiary/aromatic N) is 1. The first-order valence-electron chi connectivity index (χ1n) is 3.88. The maximum atomic E-state index is 12.9. The van der Waals surface area contributed by atoms with Gasteiger partial charge in [0.15, 0.2) is 6.17 Å². The van der Waals surface area contributed by atoms with Crippen LogP contribution in [0.3, 0.4) is 0 Å². The highest BCUT2D eigenvalue weighted by atomic mass is 79.9. The van der Waals surface area contributed by atoms with Crippen molar-refractivity contribution in [1.82, 2.24) is 11.1 Å². The third-order valence-corrected chi connectivity index (χ3v) is 2.36. The number of alkyl halides is 6. The van der Waals surface area contributed by atoms with E-state index in [9.17, 15) is 26.3 Å². The minimum Gasteiger partial charge on any atom is -0.344 e. The Balaban J connectivity index is 0. The molecule has 0 saturated heterocycles. The third-order valence-electron chi connectivity index (χ3n) is 1.69. The Bertz CT molecular complexity index is 386. The molecule has 3 N–H and O–H groups in total. The summed E-state index contributed by atoms with van der Waals surface area (Å²) in [5.41, 5.74) is -2.17. The van der Waals surface area contributed by atoms with Gasteiger partial charge in [-0.15, -0.1) is 12.4 Å². The molecule has 10 heteroatoms. The van der Waals surface area contributed by atoms with E-state index in [4.69, 9.17) is 0 Å². The number of pyridine rings is 1. The largest absolute Gasteiger partial charge is 0.433 e. The standard InChI is InChI=1S/C8H4BrF6N.ClH.H3N/c9-4-2-16-5(8(13,14)15)1-3(4)6(10)7(11)12;;/h1-2,6-7H;1H;1H3/t6-;;/m0../s1. The Morgan fingerprint density at radius 1 is 1.17 bits per heavy atom. The zero-order valence-corrected chi connectivity index (χ0v) is 10.9. The molecule has 1 heterocycles. The van der Waals surface area contributed by atoms with Crippen LogP contribution in [0.2, 0.25) is 0 Å². The Morgan fingerprint density at radius 2 is 1.67 bits per heavy atom. The average molecular weight is 362 g/mol. The van der Waals surface area contributed by atoms with Crippen LogP contribution in [0.15, 0.2) is 16.7 Å². The van der Waals surface area contributed by atoms with Crippen LogP contribution in [-0.4, -0.2) is 11.4 Å². The zero-order valence-electron chi connectivity index (χ0n) is 8.52. The van der Waals surface area contributed by atoms with Crippen LogP contribution in [-0.2, 0) is 6.18 Å². The van der Waals surface area contributed by atoms with E-state index in [1.54, 1.807) is 0 Å². The number of halogens is 8. The van der Waals surface area contributed by atoms with Gasteiger partial charge in [-0.2, -0.15) is 13.2 Å². The molecule has 0 unspecified atom stereocenters. The van der Waals surface area contributed by atoms with Gasteiger partial charge in [0, 0.05) is 16.2 Å². The molecule has 18 heavy (non-hydrogen) atoms. The molecule has 1 rings (SSSR count). The summed E-state index contributed by atoms with van der Waals surface area (Å²) in [6, 6.07) is 0.265. The van der Waals surface area contributed by atoms with E-state index in [1.807, 2.05) is 0 Å². The van der Waals surface area contributed by atoms with Crippen LogP contribution in [0, 0.1) is 0 Å². The molecule has 1 aromatic rings. The second-order valence-electron chi connectivity index (χ2n) is 2.83. The second kappa shape index (κ2) is 7.15. The highest BCUT2D eigenvalue weighted by molar-refractivity contribution is 9.10. The van der Waals surface area contributed by atoms with Crippen molar-refractivity contribution in [3.8, 4) is 0 Å². The molecule has 1 atom stereocenters. The topological polar surface area (TPSA) is 47.9 Å². The fourth-order valence-corrected chi connectivity index (χ4v) is 1.39. The van der Waals surface area contributed by atoms with E-state index < -0.39 is 30.0 Å². The van der Waals surface area contributed by atoms with Gasteiger partial charge in [0.1, 0.15) is 5.69 Å². The molecule has 0 fully saturated rings. The van der Waals surface area contributed by atoms with Crippen molar-refractivity contribution in [3.05, 3.63) is 28.0 Å². The lowest BCUT2D eigenvalue weighted by Gasteiger charge is -2.12. The van der Waals surface area contributed by atoms with E-state index in [0.717, 1.165) is 0 Å². The predicted octanol–water partition coefficient (Wildman–Crippen LogP) is 4.72. The summed E-state index contributed by atoms with van der Waals surface area (Å²) >= 11 is 2.66. The molecule has 0 aliphatic carbocycles. The van der Waals surface area contributed by atoms with Crippen LogP contribution in [0.5, 0.6) is 0 Å². The maximum absolute atomic E-state index is 12.9. The van der Waals surface area contributed by atoms with E-state index in [2.05, 4.69) is 20.9 Å². The maximum Gasteiger partial charge on any atom is 0.433 e. The highest BCUT2D eigenvalue weighted by Gasteiger charge is 2.34. The lowest BCUT2D eigenvalue weighted by Crippen LogP contribution is -2.11. The summed E-state index contributed by atoms with van der Waals surface area (Å²) in [5, 5.41) is 0. The molecule has 0 radical (unpaired) electrons. The van der Waals surface area contributed by atoms with Crippen LogP contribution in [0.1, 0.15) is 17.4 Å². The summed E-state index contributed by atoms with van der Waals surface area (Å²) in [4.78, 5) is 2.97. The minimum absolute atomic E-state index is 0. The zero-order chi connectivity index (χ0) is 12.5. The van der Waals surface area contributed by atoms with Crippen molar-refractivity contribution in [1.29, 1.82) is 0 Å². The number of hydrogen-bond acceptors (Lipinski definition) is 2. The molecule has 0 amide bonds. The van der Waals surface area contributed by atoms with Gasteiger partial charge < -0.3 is 6.15 Å². The molecular formula is C8H8BrClF6N2. The molecule has 0 aliphatic rings. The minimum atomic E-state index is -4.79. The van der Waals surface area contributed by atoms with Gasteiger partial charge >= 0.3 is 6.18 Å². The number of aromatic nitrogens is 1. The Morgan fingerprint density at radius 3 is 2.06 bits per heavy atom. The molecule has 0 bridgehead atoms. The Kier molecular flexibility index (Phi) is 7.86. The van der Waals surface area contributed by atoms with Crippen molar-refractivity contribution in [3.63, 3.8) is 0 Å². The second-order valence-corrected chi connectivity index (χ2v) is 3.68. The lowest BCUT2D eigenvalue weighted by molar-refractivity contribution is -0.141. The summed E-state index contributed by atoms with van der Waals surface area (Å²) in [6.07, 6.45) is -10.3. The van der Waals surface area contributed by atoms with Gasteiger partial charge in [-0.1, -0.05) is 0 Å². The van der Waals surface area contributed by atoms with E-state index in [-0.39, 0.29) is 29.1 Å². The molecule has 2 nitrogen and oxygen atoms in total. The molecular weight excluding hydrogens is 353 g/mol. The molecule has 0 aliphatic heterocycles. The normalized spacial score (nSPS) is 12.7. The van der Waals surface area contributed by atoms with Crippen molar-refractivity contribution < 1.29 is 26.3 Å². The van der Waals surface area contributed by atoms with Crippen LogP contribution in [0.4, 0.5) is 26.3 Å². The number of hydrogen-bond donors (Lipinski definition) is 1. The molecule has 0 saturated carbocycles. The first kappa shape index (κ1) is 19.8.